The topological polar surface area (TPSA) is 9.23 Å². The molecule has 0 saturated heterocycles. The molecule has 86 valence electrons. The molecule has 1 heterocycles. The van der Waals surface area contributed by atoms with Crippen molar-refractivity contribution in [2.45, 2.75) is 25.9 Å². The zero-order valence-corrected chi connectivity index (χ0v) is 10.1. The Labute approximate surface area is 99.9 Å². The molecule has 1 aromatic carbocycles. The molecule has 0 aromatic heterocycles. The summed E-state index contributed by atoms with van der Waals surface area (Å²) in [4.78, 5) is 0. The van der Waals surface area contributed by atoms with Gasteiger partial charge in [-0.05, 0) is 29.7 Å². The van der Waals surface area contributed by atoms with Gasteiger partial charge in [-0.2, -0.15) is 0 Å². The van der Waals surface area contributed by atoms with Crippen LogP contribution >= 0.6 is 11.6 Å². The molecule has 16 heavy (non-hydrogen) atoms. The van der Waals surface area contributed by atoms with Crippen LogP contribution in [-0.4, -0.2) is 12.8 Å². The molecule has 0 amide bonds. The first-order chi connectivity index (χ1) is 7.61. The first-order valence-electron chi connectivity index (χ1n) is 5.36. The molecule has 0 saturated carbocycles. The van der Waals surface area contributed by atoms with Gasteiger partial charge in [0.2, 0.25) is 0 Å². The smallest absolute Gasteiger partial charge is 0.145 e. The second kappa shape index (κ2) is 4.46. The van der Waals surface area contributed by atoms with E-state index in [0.717, 1.165) is 16.9 Å². The fourth-order valence-corrected chi connectivity index (χ4v) is 2.04. The molecule has 1 aliphatic rings. The molecule has 2 rings (SSSR count). The molecule has 0 spiro atoms. The third-order valence-corrected chi connectivity index (χ3v) is 2.86. The van der Waals surface area contributed by atoms with Gasteiger partial charge < -0.3 is 4.74 Å². The maximum atomic E-state index is 12.6. The summed E-state index contributed by atoms with van der Waals surface area (Å²) in [5, 5.41) is 0.689. The second-order valence-corrected chi connectivity index (χ2v) is 4.67. The molecular formula is C13H14ClFO. The van der Waals surface area contributed by atoms with Crippen molar-refractivity contribution < 1.29 is 9.13 Å². The SMILES string of the molecule is CC(C)c1cc(Cl)cc2c1OC(CF)C=C2. The minimum absolute atomic E-state index is 0.305. The lowest BCUT2D eigenvalue weighted by atomic mass is 9.97. The third kappa shape index (κ3) is 2.07. The number of ether oxygens (including phenoxy) is 1. The van der Waals surface area contributed by atoms with Crippen molar-refractivity contribution >= 4 is 17.7 Å². The van der Waals surface area contributed by atoms with Crippen LogP contribution in [0.2, 0.25) is 5.02 Å². The Morgan fingerprint density at radius 2 is 2.19 bits per heavy atom. The van der Waals surface area contributed by atoms with Crippen LogP contribution in [0.5, 0.6) is 5.75 Å². The van der Waals surface area contributed by atoms with E-state index in [-0.39, 0.29) is 0 Å². The van der Waals surface area contributed by atoms with E-state index in [1.54, 1.807) is 6.08 Å². The quantitative estimate of drug-likeness (QED) is 0.753. The van der Waals surface area contributed by atoms with Crippen LogP contribution in [-0.2, 0) is 0 Å². The van der Waals surface area contributed by atoms with Gasteiger partial charge in [0.1, 0.15) is 18.5 Å². The van der Waals surface area contributed by atoms with Crippen LogP contribution in [0.1, 0.15) is 30.9 Å². The van der Waals surface area contributed by atoms with Gasteiger partial charge in [-0.15, -0.1) is 0 Å². The molecule has 0 bridgehead atoms. The zero-order valence-electron chi connectivity index (χ0n) is 9.34. The summed E-state index contributed by atoms with van der Waals surface area (Å²) in [7, 11) is 0. The maximum Gasteiger partial charge on any atom is 0.145 e. The highest BCUT2D eigenvalue weighted by atomic mass is 35.5. The summed E-state index contributed by atoms with van der Waals surface area (Å²) in [6.07, 6.45) is 3.13. The molecule has 0 N–H and O–H groups in total. The van der Waals surface area contributed by atoms with Gasteiger partial charge in [-0.3, -0.25) is 0 Å². The molecule has 1 aliphatic heterocycles. The van der Waals surface area contributed by atoms with Crippen LogP contribution in [0.4, 0.5) is 4.39 Å². The Morgan fingerprint density at radius 1 is 1.44 bits per heavy atom. The van der Waals surface area contributed by atoms with Gasteiger partial charge in [-0.1, -0.05) is 31.5 Å². The van der Waals surface area contributed by atoms with Crippen molar-refractivity contribution in [1.29, 1.82) is 0 Å². The van der Waals surface area contributed by atoms with Gasteiger partial charge in [0.25, 0.3) is 0 Å². The summed E-state index contributed by atoms with van der Waals surface area (Å²) >= 11 is 6.03. The molecule has 1 unspecified atom stereocenters. The number of hydrogen-bond acceptors (Lipinski definition) is 1. The Bertz CT molecular complexity index is 426. The number of halogens is 2. The summed E-state index contributed by atoms with van der Waals surface area (Å²) < 4.78 is 18.2. The van der Waals surface area contributed by atoms with Crippen LogP contribution in [0.3, 0.4) is 0 Å². The third-order valence-electron chi connectivity index (χ3n) is 2.64. The van der Waals surface area contributed by atoms with E-state index in [1.165, 1.54) is 0 Å². The largest absolute Gasteiger partial charge is 0.483 e. The zero-order chi connectivity index (χ0) is 11.7. The van der Waals surface area contributed by atoms with Crippen molar-refractivity contribution in [1.82, 2.24) is 0 Å². The lowest BCUT2D eigenvalue weighted by molar-refractivity contribution is 0.202. The normalized spacial score (nSPS) is 18.4. The van der Waals surface area contributed by atoms with Crippen molar-refractivity contribution in [3.8, 4) is 5.75 Å². The fraction of sp³-hybridized carbons (Fsp3) is 0.385. The Hall–Kier alpha value is -1.02. The van der Waals surface area contributed by atoms with Gasteiger partial charge >= 0.3 is 0 Å². The van der Waals surface area contributed by atoms with Gasteiger partial charge in [0.05, 0.1) is 0 Å². The number of hydrogen-bond donors (Lipinski definition) is 0. The fourth-order valence-electron chi connectivity index (χ4n) is 1.81. The van der Waals surface area contributed by atoms with E-state index >= 15 is 0 Å². The van der Waals surface area contributed by atoms with Crippen molar-refractivity contribution in [3.63, 3.8) is 0 Å². The summed E-state index contributed by atoms with van der Waals surface area (Å²) in [6.45, 7) is 3.63. The predicted molar refractivity (Wildman–Crippen MR) is 65.0 cm³/mol. The Kier molecular flexibility index (Phi) is 3.20. The first kappa shape index (κ1) is 11.5. The summed E-state index contributed by atoms with van der Waals surface area (Å²) in [6, 6.07) is 3.73. The molecule has 3 heteroatoms. The lowest BCUT2D eigenvalue weighted by Gasteiger charge is -2.23. The van der Waals surface area contributed by atoms with Crippen LogP contribution in [0, 0.1) is 0 Å². The highest BCUT2D eigenvalue weighted by Crippen LogP contribution is 2.37. The average Bonchev–Trinajstić information content (AvgIpc) is 2.27. The molecule has 0 radical (unpaired) electrons. The molecular weight excluding hydrogens is 227 g/mol. The van der Waals surface area contributed by atoms with E-state index in [4.69, 9.17) is 16.3 Å². The average molecular weight is 241 g/mol. The van der Waals surface area contributed by atoms with Gasteiger partial charge in [0.15, 0.2) is 0 Å². The summed E-state index contributed by atoms with van der Waals surface area (Å²) in [5.74, 6) is 1.07. The maximum absolute atomic E-state index is 12.6. The van der Waals surface area contributed by atoms with Gasteiger partial charge in [-0.25, -0.2) is 4.39 Å². The second-order valence-electron chi connectivity index (χ2n) is 4.24. The predicted octanol–water partition coefficient (Wildman–Crippen LogP) is 4.21. The van der Waals surface area contributed by atoms with Crippen molar-refractivity contribution in [3.05, 3.63) is 34.4 Å². The van der Waals surface area contributed by atoms with E-state index < -0.39 is 12.8 Å². The first-order valence-corrected chi connectivity index (χ1v) is 5.74. The highest BCUT2D eigenvalue weighted by molar-refractivity contribution is 6.30. The van der Waals surface area contributed by atoms with E-state index in [1.807, 2.05) is 18.2 Å². The Morgan fingerprint density at radius 3 is 2.81 bits per heavy atom. The van der Waals surface area contributed by atoms with Crippen molar-refractivity contribution in [2.75, 3.05) is 6.67 Å². The minimum Gasteiger partial charge on any atom is -0.483 e. The molecule has 1 nitrogen and oxygen atoms in total. The van der Waals surface area contributed by atoms with Crippen molar-refractivity contribution in [2.24, 2.45) is 0 Å². The molecule has 0 fully saturated rings. The number of alkyl halides is 1. The van der Waals surface area contributed by atoms with Crippen LogP contribution in [0.15, 0.2) is 18.2 Å². The standard InChI is InChI=1S/C13H14ClFO/c1-8(2)12-6-10(14)5-9-3-4-11(7-15)16-13(9)12/h3-6,8,11H,7H2,1-2H3. The van der Waals surface area contributed by atoms with Gasteiger partial charge in [0, 0.05) is 10.6 Å². The number of benzene rings is 1. The number of fused-ring (bicyclic) bond motifs is 1. The monoisotopic (exact) mass is 240 g/mol. The van der Waals surface area contributed by atoms with E-state index in [0.29, 0.717) is 10.9 Å². The molecule has 0 aliphatic carbocycles. The van der Waals surface area contributed by atoms with Crippen LogP contribution < -0.4 is 4.74 Å². The van der Waals surface area contributed by atoms with E-state index in [2.05, 4.69) is 13.8 Å². The van der Waals surface area contributed by atoms with E-state index in [9.17, 15) is 4.39 Å². The molecule has 1 atom stereocenters. The molecule has 1 aromatic rings. The minimum atomic E-state index is -0.504. The lowest BCUT2D eigenvalue weighted by Crippen LogP contribution is -2.20. The Balaban J connectivity index is 2.50. The summed E-state index contributed by atoms with van der Waals surface area (Å²) in [5.41, 5.74) is 1.96. The number of rotatable bonds is 2. The van der Waals surface area contributed by atoms with Crippen LogP contribution in [0.25, 0.3) is 6.08 Å². The highest BCUT2D eigenvalue weighted by Gasteiger charge is 2.20.